The van der Waals surface area contributed by atoms with E-state index in [9.17, 15) is 14.7 Å². The van der Waals surface area contributed by atoms with Gasteiger partial charge in [0.05, 0.1) is 5.41 Å². The Bertz CT molecular complexity index is 746. The van der Waals surface area contributed by atoms with E-state index in [4.69, 9.17) is 0 Å². The Kier molecular flexibility index (Phi) is 4.55. The molecule has 2 aromatic rings. The quantitative estimate of drug-likeness (QED) is 0.899. The number of carbonyl (C=O) groups excluding carboxylic acids is 1. The Balaban J connectivity index is 2.18. The minimum Gasteiger partial charge on any atom is -0.481 e. The predicted molar refractivity (Wildman–Crippen MR) is 91.0 cm³/mol. The van der Waals surface area contributed by atoms with Crippen molar-refractivity contribution in [2.75, 3.05) is 5.32 Å². The SMILES string of the molecule is Cc1ccc(C(=O)Nc2ccc(C(C)(C)C(=O)O)cc2)c(C)c1. The molecule has 1 amide bonds. The standard InChI is InChI=1S/C19H21NO3/c1-12-5-10-16(13(2)11-12)17(21)20-15-8-6-14(7-9-15)19(3,4)18(22)23/h5-11H,1-4H3,(H,20,21)(H,22,23). The number of carboxylic acids is 1. The molecule has 2 aromatic carbocycles. The molecule has 0 saturated carbocycles. The van der Waals surface area contributed by atoms with Gasteiger partial charge in [0, 0.05) is 11.3 Å². The van der Waals surface area contributed by atoms with Gasteiger partial charge >= 0.3 is 5.97 Å². The lowest BCUT2D eigenvalue weighted by atomic mass is 9.85. The summed E-state index contributed by atoms with van der Waals surface area (Å²) in [6.07, 6.45) is 0. The van der Waals surface area contributed by atoms with Crippen LogP contribution in [0.1, 0.15) is 40.9 Å². The fourth-order valence-electron chi connectivity index (χ4n) is 2.36. The van der Waals surface area contributed by atoms with E-state index in [1.807, 2.05) is 32.0 Å². The van der Waals surface area contributed by atoms with Gasteiger partial charge in [0.1, 0.15) is 0 Å². The number of aryl methyl sites for hydroxylation is 2. The van der Waals surface area contributed by atoms with E-state index in [0.29, 0.717) is 16.8 Å². The summed E-state index contributed by atoms with van der Waals surface area (Å²) in [5.74, 6) is -1.06. The number of carboxylic acid groups (broad SMARTS) is 1. The molecule has 0 atom stereocenters. The number of anilines is 1. The number of rotatable bonds is 4. The molecule has 2 rings (SSSR count). The maximum atomic E-state index is 12.3. The zero-order valence-electron chi connectivity index (χ0n) is 13.8. The van der Waals surface area contributed by atoms with Gasteiger partial charge in [0.15, 0.2) is 0 Å². The van der Waals surface area contributed by atoms with Gasteiger partial charge in [0.25, 0.3) is 5.91 Å². The van der Waals surface area contributed by atoms with E-state index < -0.39 is 11.4 Å². The van der Waals surface area contributed by atoms with E-state index in [1.54, 1.807) is 38.1 Å². The third-order valence-electron chi connectivity index (χ3n) is 4.03. The fourth-order valence-corrected chi connectivity index (χ4v) is 2.36. The molecule has 0 saturated heterocycles. The smallest absolute Gasteiger partial charge is 0.313 e. The first-order valence-corrected chi connectivity index (χ1v) is 7.44. The molecule has 0 aliphatic heterocycles. The van der Waals surface area contributed by atoms with Crippen LogP contribution < -0.4 is 5.32 Å². The van der Waals surface area contributed by atoms with Gasteiger partial charge in [-0.25, -0.2) is 0 Å². The number of amides is 1. The average Bonchev–Trinajstić information content (AvgIpc) is 2.47. The highest BCUT2D eigenvalue weighted by molar-refractivity contribution is 6.05. The summed E-state index contributed by atoms with van der Waals surface area (Å²) >= 11 is 0. The Morgan fingerprint density at radius 3 is 2.13 bits per heavy atom. The van der Waals surface area contributed by atoms with Crippen molar-refractivity contribution in [1.29, 1.82) is 0 Å². The van der Waals surface area contributed by atoms with Crippen LogP contribution in [-0.4, -0.2) is 17.0 Å². The molecule has 0 heterocycles. The van der Waals surface area contributed by atoms with Crippen LogP contribution in [0.2, 0.25) is 0 Å². The summed E-state index contributed by atoms with van der Waals surface area (Å²) in [5.41, 5.74) is 3.03. The van der Waals surface area contributed by atoms with E-state index >= 15 is 0 Å². The molecule has 0 aromatic heterocycles. The van der Waals surface area contributed by atoms with Gasteiger partial charge in [-0.2, -0.15) is 0 Å². The Morgan fingerprint density at radius 2 is 1.61 bits per heavy atom. The van der Waals surface area contributed by atoms with Crippen molar-refractivity contribution in [3.05, 3.63) is 64.7 Å². The summed E-state index contributed by atoms with van der Waals surface area (Å²) < 4.78 is 0. The number of nitrogens with one attached hydrogen (secondary N) is 1. The topological polar surface area (TPSA) is 66.4 Å². The molecule has 0 radical (unpaired) electrons. The summed E-state index contributed by atoms with van der Waals surface area (Å²) in [7, 11) is 0. The maximum absolute atomic E-state index is 12.3. The molecule has 4 heteroatoms. The molecular formula is C19H21NO3. The van der Waals surface area contributed by atoms with Gasteiger partial charge < -0.3 is 10.4 Å². The molecule has 0 fully saturated rings. The van der Waals surface area contributed by atoms with E-state index in [0.717, 1.165) is 11.1 Å². The van der Waals surface area contributed by atoms with Crippen LogP contribution in [0.25, 0.3) is 0 Å². The molecule has 0 unspecified atom stereocenters. The summed E-state index contributed by atoms with van der Waals surface area (Å²) in [4.78, 5) is 23.6. The van der Waals surface area contributed by atoms with Crippen LogP contribution in [0.4, 0.5) is 5.69 Å². The Labute approximate surface area is 136 Å². The molecule has 2 N–H and O–H groups in total. The fraction of sp³-hybridized carbons (Fsp3) is 0.263. The number of carbonyl (C=O) groups is 2. The first-order valence-electron chi connectivity index (χ1n) is 7.44. The molecule has 23 heavy (non-hydrogen) atoms. The largest absolute Gasteiger partial charge is 0.481 e. The molecule has 120 valence electrons. The third-order valence-corrected chi connectivity index (χ3v) is 4.03. The van der Waals surface area contributed by atoms with Crippen molar-refractivity contribution in [1.82, 2.24) is 0 Å². The van der Waals surface area contributed by atoms with Crippen LogP contribution in [-0.2, 0) is 10.2 Å². The first-order chi connectivity index (χ1) is 10.7. The van der Waals surface area contributed by atoms with E-state index in [2.05, 4.69) is 5.32 Å². The Morgan fingerprint density at radius 1 is 1.00 bits per heavy atom. The first kappa shape index (κ1) is 16.7. The second-order valence-electron chi connectivity index (χ2n) is 6.28. The number of hydrogen-bond acceptors (Lipinski definition) is 2. The van der Waals surface area contributed by atoms with Crippen LogP contribution in [0, 0.1) is 13.8 Å². The number of hydrogen-bond donors (Lipinski definition) is 2. The van der Waals surface area contributed by atoms with Crippen LogP contribution in [0.5, 0.6) is 0 Å². The van der Waals surface area contributed by atoms with Gasteiger partial charge in [-0.3, -0.25) is 9.59 Å². The molecule has 4 nitrogen and oxygen atoms in total. The normalized spacial score (nSPS) is 11.1. The minimum absolute atomic E-state index is 0.173. The molecule has 0 aliphatic carbocycles. The predicted octanol–water partition coefficient (Wildman–Crippen LogP) is 3.92. The van der Waals surface area contributed by atoms with E-state index in [1.165, 1.54) is 0 Å². The highest BCUT2D eigenvalue weighted by Crippen LogP contribution is 2.25. The molecule has 0 spiro atoms. The lowest BCUT2D eigenvalue weighted by Gasteiger charge is -2.20. The van der Waals surface area contributed by atoms with Crippen molar-refractivity contribution in [3.8, 4) is 0 Å². The molecule has 0 bridgehead atoms. The van der Waals surface area contributed by atoms with E-state index in [-0.39, 0.29) is 5.91 Å². The Hall–Kier alpha value is -2.62. The lowest BCUT2D eigenvalue weighted by molar-refractivity contribution is -0.142. The zero-order chi connectivity index (χ0) is 17.2. The molecule has 0 aliphatic rings. The van der Waals surface area contributed by atoms with Gasteiger partial charge in [-0.1, -0.05) is 29.8 Å². The number of benzene rings is 2. The van der Waals surface area contributed by atoms with Crippen LogP contribution >= 0.6 is 0 Å². The van der Waals surface area contributed by atoms with Gasteiger partial charge in [-0.05, 0) is 57.0 Å². The van der Waals surface area contributed by atoms with Gasteiger partial charge in [-0.15, -0.1) is 0 Å². The zero-order valence-corrected chi connectivity index (χ0v) is 13.8. The monoisotopic (exact) mass is 311 g/mol. The van der Waals surface area contributed by atoms with Crippen LogP contribution in [0.15, 0.2) is 42.5 Å². The van der Waals surface area contributed by atoms with Crippen molar-refractivity contribution in [3.63, 3.8) is 0 Å². The average molecular weight is 311 g/mol. The number of aliphatic carboxylic acids is 1. The highest BCUT2D eigenvalue weighted by Gasteiger charge is 2.29. The van der Waals surface area contributed by atoms with Crippen molar-refractivity contribution in [2.24, 2.45) is 0 Å². The van der Waals surface area contributed by atoms with Crippen LogP contribution in [0.3, 0.4) is 0 Å². The van der Waals surface area contributed by atoms with Crippen molar-refractivity contribution in [2.45, 2.75) is 33.1 Å². The maximum Gasteiger partial charge on any atom is 0.313 e. The minimum atomic E-state index is -0.962. The summed E-state index contributed by atoms with van der Waals surface area (Å²) in [6, 6.07) is 12.6. The summed E-state index contributed by atoms with van der Waals surface area (Å²) in [6.45, 7) is 7.19. The van der Waals surface area contributed by atoms with Crippen molar-refractivity contribution >= 4 is 17.6 Å². The second-order valence-corrected chi connectivity index (χ2v) is 6.28. The second kappa shape index (κ2) is 6.24. The molecular weight excluding hydrogens is 290 g/mol. The van der Waals surface area contributed by atoms with Gasteiger partial charge in [0.2, 0.25) is 0 Å². The summed E-state index contributed by atoms with van der Waals surface area (Å²) in [5, 5.41) is 12.1. The lowest BCUT2D eigenvalue weighted by Crippen LogP contribution is -2.28. The third kappa shape index (κ3) is 3.59. The van der Waals surface area contributed by atoms with Crippen molar-refractivity contribution < 1.29 is 14.7 Å². The highest BCUT2D eigenvalue weighted by atomic mass is 16.4.